The third kappa shape index (κ3) is 2.49. The van der Waals surface area contributed by atoms with E-state index in [0.717, 1.165) is 39.9 Å². The maximum atomic E-state index is 10.3. The summed E-state index contributed by atoms with van der Waals surface area (Å²) in [5.74, 6) is 1.26. The zero-order valence-electron chi connectivity index (χ0n) is 12.4. The summed E-state index contributed by atoms with van der Waals surface area (Å²) in [4.78, 5) is 0. The molecule has 1 N–H and O–H groups in total. The Balaban J connectivity index is 2.14. The number of rotatable bonds is 2. The molecular formula is C17H18N2O2. The van der Waals surface area contributed by atoms with Gasteiger partial charge in [0.05, 0.1) is 12.8 Å². The average molecular weight is 282 g/mol. The third-order valence-corrected chi connectivity index (χ3v) is 3.83. The Morgan fingerprint density at radius 2 is 1.95 bits per heavy atom. The SMILES string of the molecule is COc1ccc2cc(C3=NN=C(C)CC3C)c(O)cc2c1. The van der Waals surface area contributed by atoms with Gasteiger partial charge in [0.25, 0.3) is 0 Å². The number of methoxy groups -OCH3 is 1. The van der Waals surface area contributed by atoms with Crippen LogP contribution in [0.1, 0.15) is 25.8 Å². The summed E-state index contributed by atoms with van der Waals surface area (Å²) in [5, 5.41) is 20.8. The summed E-state index contributed by atoms with van der Waals surface area (Å²) in [6.07, 6.45) is 0.874. The minimum atomic E-state index is 0.233. The molecule has 4 heteroatoms. The van der Waals surface area contributed by atoms with E-state index in [1.165, 1.54) is 0 Å². The number of benzene rings is 2. The van der Waals surface area contributed by atoms with Crippen molar-refractivity contribution in [2.75, 3.05) is 7.11 Å². The molecule has 1 heterocycles. The number of phenolic OH excluding ortho intramolecular Hbond substituents is 1. The van der Waals surface area contributed by atoms with Crippen LogP contribution in [0.4, 0.5) is 0 Å². The first-order valence-corrected chi connectivity index (χ1v) is 7.00. The van der Waals surface area contributed by atoms with E-state index in [-0.39, 0.29) is 11.7 Å². The lowest BCUT2D eigenvalue weighted by Crippen LogP contribution is -2.19. The molecule has 0 aromatic heterocycles. The predicted octanol–water partition coefficient (Wildman–Crippen LogP) is 3.76. The second-order valence-corrected chi connectivity index (χ2v) is 5.51. The number of phenols is 1. The van der Waals surface area contributed by atoms with Crippen LogP contribution in [0.2, 0.25) is 0 Å². The molecule has 3 rings (SSSR count). The van der Waals surface area contributed by atoms with Crippen LogP contribution in [-0.2, 0) is 0 Å². The van der Waals surface area contributed by atoms with Crippen LogP contribution >= 0.6 is 0 Å². The van der Waals surface area contributed by atoms with Crippen molar-refractivity contribution in [2.24, 2.45) is 16.1 Å². The Labute approximate surface area is 123 Å². The van der Waals surface area contributed by atoms with Gasteiger partial charge in [-0.3, -0.25) is 0 Å². The Morgan fingerprint density at radius 3 is 2.67 bits per heavy atom. The molecule has 21 heavy (non-hydrogen) atoms. The first-order chi connectivity index (χ1) is 10.1. The molecule has 0 radical (unpaired) electrons. The molecule has 0 fully saturated rings. The summed E-state index contributed by atoms with van der Waals surface area (Å²) >= 11 is 0. The minimum absolute atomic E-state index is 0.233. The zero-order valence-corrected chi connectivity index (χ0v) is 12.4. The van der Waals surface area contributed by atoms with Crippen molar-refractivity contribution in [1.29, 1.82) is 0 Å². The molecule has 0 bridgehead atoms. The molecule has 0 saturated heterocycles. The van der Waals surface area contributed by atoms with E-state index in [1.807, 2.05) is 31.2 Å². The molecule has 1 unspecified atom stereocenters. The second-order valence-electron chi connectivity index (χ2n) is 5.51. The summed E-state index contributed by atoms with van der Waals surface area (Å²) in [5.41, 5.74) is 2.63. The number of hydrogen-bond donors (Lipinski definition) is 1. The molecule has 1 aliphatic heterocycles. The molecule has 1 aliphatic rings. The van der Waals surface area contributed by atoms with Crippen LogP contribution in [0.3, 0.4) is 0 Å². The van der Waals surface area contributed by atoms with Crippen molar-refractivity contribution in [1.82, 2.24) is 0 Å². The number of ether oxygens (including phenoxy) is 1. The van der Waals surface area contributed by atoms with Crippen molar-refractivity contribution in [2.45, 2.75) is 20.3 Å². The minimum Gasteiger partial charge on any atom is -0.507 e. The van der Waals surface area contributed by atoms with E-state index < -0.39 is 0 Å². The first-order valence-electron chi connectivity index (χ1n) is 7.00. The molecule has 2 aromatic carbocycles. The fourth-order valence-electron chi connectivity index (χ4n) is 2.73. The Morgan fingerprint density at radius 1 is 1.14 bits per heavy atom. The molecule has 2 aromatic rings. The lowest BCUT2D eigenvalue weighted by molar-refractivity contribution is 0.415. The van der Waals surface area contributed by atoms with Gasteiger partial charge in [0.2, 0.25) is 0 Å². The highest BCUT2D eigenvalue weighted by Crippen LogP contribution is 2.31. The molecule has 0 spiro atoms. The highest BCUT2D eigenvalue weighted by molar-refractivity contribution is 6.09. The normalized spacial score (nSPS) is 18.3. The second kappa shape index (κ2) is 5.20. The standard InChI is InChI=1S/C17H18N2O2/c1-10-6-11(2)18-19-17(10)15-8-12-4-5-14(21-3)7-13(12)9-16(15)20/h4-5,7-10,20H,6H2,1-3H3. The Bertz CT molecular complexity index is 763. The van der Waals surface area contributed by atoms with Gasteiger partial charge in [-0.15, -0.1) is 0 Å². The van der Waals surface area contributed by atoms with Crippen LogP contribution in [0.5, 0.6) is 11.5 Å². The lowest BCUT2D eigenvalue weighted by atomic mass is 9.91. The van der Waals surface area contributed by atoms with Crippen LogP contribution in [0.15, 0.2) is 40.5 Å². The zero-order chi connectivity index (χ0) is 15.0. The number of aromatic hydroxyl groups is 1. The van der Waals surface area contributed by atoms with Gasteiger partial charge < -0.3 is 9.84 Å². The van der Waals surface area contributed by atoms with Gasteiger partial charge in [0.1, 0.15) is 11.5 Å². The smallest absolute Gasteiger partial charge is 0.125 e. The maximum Gasteiger partial charge on any atom is 0.125 e. The highest BCUT2D eigenvalue weighted by Gasteiger charge is 2.21. The molecule has 0 amide bonds. The van der Waals surface area contributed by atoms with Crippen molar-refractivity contribution < 1.29 is 9.84 Å². The van der Waals surface area contributed by atoms with E-state index >= 15 is 0 Å². The number of hydrogen-bond acceptors (Lipinski definition) is 4. The van der Waals surface area contributed by atoms with Gasteiger partial charge in [0, 0.05) is 17.2 Å². The van der Waals surface area contributed by atoms with Crippen molar-refractivity contribution in [3.05, 3.63) is 35.9 Å². The first kappa shape index (κ1) is 13.6. The summed E-state index contributed by atoms with van der Waals surface area (Å²) in [7, 11) is 1.63. The maximum absolute atomic E-state index is 10.3. The van der Waals surface area contributed by atoms with Gasteiger partial charge in [-0.1, -0.05) is 13.0 Å². The van der Waals surface area contributed by atoms with Gasteiger partial charge in [-0.25, -0.2) is 0 Å². The molecule has 108 valence electrons. The van der Waals surface area contributed by atoms with Gasteiger partial charge >= 0.3 is 0 Å². The average Bonchev–Trinajstić information content (AvgIpc) is 2.46. The van der Waals surface area contributed by atoms with Crippen molar-refractivity contribution in [3.63, 3.8) is 0 Å². The summed E-state index contributed by atoms with van der Waals surface area (Å²) < 4.78 is 5.21. The van der Waals surface area contributed by atoms with Crippen LogP contribution in [0, 0.1) is 5.92 Å². The van der Waals surface area contributed by atoms with Crippen molar-refractivity contribution in [3.8, 4) is 11.5 Å². The van der Waals surface area contributed by atoms with Gasteiger partial charge in [0.15, 0.2) is 0 Å². The van der Waals surface area contributed by atoms with Crippen molar-refractivity contribution >= 4 is 22.2 Å². The summed E-state index contributed by atoms with van der Waals surface area (Å²) in [6.45, 7) is 4.08. The molecule has 1 atom stereocenters. The Kier molecular flexibility index (Phi) is 3.37. The van der Waals surface area contributed by atoms with Crippen LogP contribution < -0.4 is 4.74 Å². The highest BCUT2D eigenvalue weighted by atomic mass is 16.5. The van der Waals surface area contributed by atoms with E-state index in [9.17, 15) is 5.11 Å². The van der Waals surface area contributed by atoms with Crippen LogP contribution in [0.25, 0.3) is 10.8 Å². The molecular weight excluding hydrogens is 264 g/mol. The molecule has 0 aliphatic carbocycles. The Hall–Kier alpha value is -2.36. The van der Waals surface area contributed by atoms with Crippen LogP contribution in [-0.4, -0.2) is 23.6 Å². The number of fused-ring (bicyclic) bond motifs is 1. The fraction of sp³-hybridized carbons (Fsp3) is 0.294. The quantitative estimate of drug-likeness (QED) is 0.911. The lowest BCUT2D eigenvalue weighted by Gasteiger charge is -2.19. The third-order valence-electron chi connectivity index (χ3n) is 3.83. The number of nitrogens with zero attached hydrogens (tertiary/aromatic N) is 2. The summed E-state index contributed by atoms with van der Waals surface area (Å²) in [6, 6.07) is 9.54. The van der Waals surface area contributed by atoms with E-state index in [4.69, 9.17) is 4.74 Å². The fourth-order valence-corrected chi connectivity index (χ4v) is 2.73. The topological polar surface area (TPSA) is 54.2 Å². The molecule has 4 nitrogen and oxygen atoms in total. The monoisotopic (exact) mass is 282 g/mol. The largest absolute Gasteiger partial charge is 0.507 e. The van der Waals surface area contributed by atoms with Gasteiger partial charge in [-0.05, 0) is 48.4 Å². The molecule has 0 saturated carbocycles. The van der Waals surface area contributed by atoms with E-state index in [2.05, 4.69) is 17.1 Å². The predicted molar refractivity (Wildman–Crippen MR) is 85.6 cm³/mol. The van der Waals surface area contributed by atoms with E-state index in [1.54, 1.807) is 13.2 Å². The van der Waals surface area contributed by atoms with Gasteiger partial charge in [-0.2, -0.15) is 10.2 Å². The van der Waals surface area contributed by atoms with E-state index in [0.29, 0.717) is 0 Å².